The molecule has 0 saturated heterocycles. The van der Waals surface area contributed by atoms with Crippen LogP contribution in [0.3, 0.4) is 0 Å². The minimum Gasteiger partial charge on any atom is -0.490 e. The monoisotopic (exact) mass is 225 g/mol. The number of rotatable bonds is 3. The first kappa shape index (κ1) is 10.8. The maximum absolute atomic E-state index is 6.11. The molecule has 0 radical (unpaired) electrons. The van der Waals surface area contributed by atoms with Crippen LogP contribution in [0.1, 0.15) is 18.9 Å². The molecule has 2 atom stereocenters. The summed E-state index contributed by atoms with van der Waals surface area (Å²) in [6, 6.07) is 6.33. The molecule has 0 amide bonds. The van der Waals surface area contributed by atoms with Gasteiger partial charge in [-0.3, -0.25) is 0 Å². The number of hydrogen-bond donors (Lipinski definition) is 1. The molecule has 1 aromatic rings. The summed E-state index contributed by atoms with van der Waals surface area (Å²) in [7, 11) is 1.97. The number of nitrogens with one attached hydrogen (secondary N) is 1. The number of benzene rings is 1. The molecule has 0 spiro atoms. The zero-order valence-electron chi connectivity index (χ0n) is 9.09. The van der Waals surface area contributed by atoms with Gasteiger partial charge in [-0.05, 0) is 32.5 Å². The van der Waals surface area contributed by atoms with Gasteiger partial charge in [0.25, 0.3) is 0 Å². The van der Waals surface area contributed by atoms with Crippen LogP contribution in [0, 0.1) is 0 Å². The van der Waals surface area contributed by atoms with E-state index >= 15 is 0 Å². The minimum absolute atomic E-state index is 0.266. The van der Waals surface area contributed by atoms with Crippen molar-refractivity contribution in [2.24, 2.45) is 0 Å². The molecule has 15 heavy (non-hydrogen) atoms. The van der Waals surface area contributed by atoms with Crippen molar-refractivity contribution in [3.05, 3.63) is 28.8 Å². The van der Waals surface area contributed by atoms with Crippen LogP contribution in [0.25, 0.3) is 0 Å². The molecule has 3 heteroatoms. The lowest BCUT2D eigenvalue weighted by Crippen LogP contribution is -2.28. The van der Waals surface area contributed by atoms with Crippen LogP contribution in [-0.4, -0.2) is 19.2 Å². The maximum Gasteiger partial charge on any atom is 0.124 e. The summed E-state index contributed by atoms with van der Waals surface area (Å²) >= 11 is 6.11. The number of ether oxygens (including phenoxy) is 1. The van der Waals surface area contributed by atoms with Crippen molar-refractivity contribution < 1.29 is 4.74 Å². The average Bonchev–Trinajstić information content (AvgIpc) is 2.62. The Kier molecular flexibility index (Phi) is 3.17. The van der Waals surface area contributed by atoms with Crippen molar-refractivity contribution >= 4 is 11.6 Å². The van der Waals surface area contributed by atoms with Crippen molar-refractivity contribution in [1.82, 2.24) is 5.32 Å². The lowest BCUT2D eigenvalue weighted by Gasteiger charge is -2.15. The first-order valence-corrected chi connectivity index (χ1v) is 5.70. The van der Waals surface area contributed by atoms with Gasteiger partial charge in [-0.1, -0.05) is 17.7 Å². The van der Waals surface area contributed by atoms with E-state index in [4.69, 9.17) is 16.3 Å². The average molecular weight is 226 g/mol. The second-order valence-electron chi connectivity index (χ2n) is 4.09. The van der Waals surface area contributed by atoms with Crippen molar-refractivity contribution in [1.29, 1.82) is 0 Å². The third kappa shape index (κ3) is 2.27. The third-order valence-electron chi connectivity index (χ3n) is 2.91. The van der Waals surface area contributed by atoms with Crippen LogP contribution in [0.2, 0.25) is 5.02 Å². The molecular formula is C12H16ClNO. The first-order valence-electron chi connectivity index (χ1n) is 5.32. The van der Waals surface area contributed by atoms with E-state index in [-0.39, 0.29) is 6.10 Å². The minimum atomic E-state index is 0.266. The van der Waals surface area contributed by atoms with Crippen LogP contribution in [0.15, 0.2) is 18.2 Å². The van der Waals surface area contributed by atoms with Gasteiger partial charge in [-0.15, -0.1) is 0 Å². The van der Waals surface area contributed by atoms with Crippen LogP contribution >= 0.6 is 11.6 Å². The maximum atomic E-state index is 6.11. The summed E-state index contributed by atoms with van der Waals surface area (Å²) in [5, 5.41) is 4.05. The lowest BCUT2D eigenvalue weighted by molar-refractivity contribution is 0.207. The van der Waals surface area contributed by atoms with E-state index in [1.54, 1.807) is 0 Å². The fraction of sp³-hybridized carbons (Fsp3) is 0.500. The van der Waals surface area contributed by atoms with Crippen LogP contribution < -0.4 is 10.1 Å². The molecule has 0 aliphatic carbocycles. The lowest BCUT2D eigenvalue weighted by atomic mass is 10.0. The second-order valence-corrected chi connectivity index (χ2v) is 4.49. The second kappa shape index (κ2) is 4.42. The Labute approximate surface area is 95.6 Å². The van der Waals surface area contributed by atoms with E-state index in [1.807, 2.05) is 25.2 Å². The molecule has 82 valence electrons. The van der Waals surface area contributed by atoms with Gasteiger partial charge in [0.05, 0.1) is 0 Å². The Morgan fingerprint density at radius 1 is 1.60 bits per heavy atom. The highest BCUT2D eigenvalue weighted by molar-refractivity contribution is 6.31. The van der Waals surface area contributed by atoms with Gasteiger partial charge in [-0.25, -0.2) is 0 Å². The van der Waals surface area contributed by atoms with Crippen LogP contribution in [0.5, 0.6) is 5.75 Å². The Hall–Kier alpha value is -0.730. The highest BCUT2D eigenvalue weighted by atomic mass is 35.5. The SMILES string of the molecule is CNC(C)CC1Cc2c(Cl)cccc2O1. The molecule has 2 unspecified atom stereocenters. The molecule has 1 aliphatic heterocycles. The van der Waals surface area contributed by atoms with Gasteiger partial charge in [-0.2, -0.15) is 0 Å². The summed E-state index contributed by atoms with van der Waals surface area (Å²) in [6.07, 6.45) is 2.21. The highest BCUT2D eigenvalue weighted by Gasteiger charge is 2.25. The molecule has 2 nitrogen and oxygen atoms in total. The third-order valence-corrected chi connectivity index (χ3v) is 3.26. The van der Waals surface area contributed by atoms with Gasteiger partial charge < -0.3 is 10.1 Å². The molecular weight excluding hydrogens is 210 g/mol. The molecule has 0 aromatic heterocycles. The van der Waals surface area contributed by atoms with Crippen molar-refractivity contribution in [2.45, 2.75) is 31.9 Å². The van der Waals surface area contributed by atoms with Gasteiger partial charge in [0, 0.05) is 23.0 Å². The predicted octanol–water partition coefficient (Wildman–Crippen LogP) is 2.64. The molecule has 1 aromatic carbocycles. The largest absolute Gasteiger partial charge is 0.490 e. The van der Waals surface area contributed by atoms with Gasteiger partial charge >= 0.3 is 0 Å². The Balaban J connectivity index is 2.06. The fourth-order valence-electron chi connectivity index (χ4n) is 1.94. The van der Waals surface area contributed by atoms with E-state index in [0.717, 1.165) is 29.2 Å². The van der Waals surface area contributed by atoms with Gasteiger partial charge in [0.15, 0.2) is 0 Å². The molecule has 1 heterocycles. The topological polar surface area (TPSA) is 21.3 Å². The van der Waals surface area contributed by atoms with Crippen LogP contribution in [0.4, 0.5) is 0 Å². The first-order chi connectivity index (χ1) is 7.20. The van der Waals surface area contributed by atoms with E-state index < -0.39 is 0 Å². The molecule has 2 rings (SSSR count). The van der Waals surface area contributed by atoms with E-state index in [9.17, 15) is 0 Å². The number of hydrogen-bond acceptors (Lipinski definition) is 2. The smallest absolute Gasteiger partial charge is 0.124 e. The molecule has 1 aliphatic rings. The van der Waals surface area contributed by atoms with Crippen molar-refractivity contribution in [3.63, 3.8) is 0 Å². The summed E-state index contributed by atoms with van der Waals surface area (Å²) in [5.74, 6) is 0.954. The standard InChI is InChI=1S/C12H16ClNO/c1-8(14-2)6-9-7-10-11(13)4-3-5-12(10)15-9/h3-5,8-9,14H,6-7H2,1-2H3. The number of halogens is 1. The zero-order chi connectivity index (χ0) is 10.8. The summed E-state index contributed by atoms with van der Waals surface area (Å²) in [5.41, 5.74) is 1.16. The number of fused-ring (bicyclic) bond motifs is 1. The van der Waals surface area contributed by atoms with E-state index in [1.165, 1.54) is 0 Å². The molecule has 0 fully saturated rings. The fourth-order valence-corrected chi connectivity index (χ4v) is 2.18. The van der Waals surface area contributed by atoms with Crippen molar-refractivity contribution in [2.75, 3.05) is 7.05 Å². The van der Waals surface area contributed by atoms with Gasteiger partial charge in [0.2, 0.25) is 0 Å². The van der Waals surface area contributed by atoms with Gasteiger partial charge in [0.1, 0.15) is 11.9 Å². The van der Waals surface area contributed by atoms with Crippen molar-refractivity contribution in [3.8, 4) is 5.75 Å². The normalized spacial score (nSPS) is 20.9. The summed E-state index contributed by atoms with van der Waals surface area (Å²) in [6.45, 7) is 2.16. The van der Waals surface area contributed by atoms with Crippen LogP contribution in [-0.2, 0) is 6.42 Å². The molecule has 1 N–H and O–H groups in total. The van der Waals surface area contributed by atoms with E-state index in [0.29, 0.717) is 6.04 Å². The molecule has 0 bridgehead atoms. The predicted molar refractivity (Wildman–Crippen MR) is 62.7 cm³/mol. The zero-order valence-corrected chi connectivity index (χ0v) is 9.84. The Morgan fingerprint density at radius 2 is 2.40 bits per heavy atom. The summed E-state index contributed by atoms with van der Waals surface area (Å²) < 4.78 is 5.84. The van der Waals surface area contributed by atoms with E-state index in [2.05, 4.69) is 12.2 Å². The summed E-state index contributed by atoms with van der Waals surface area (Å²) in [4.78, 5) is 0. The molecule has 0 saturated carbocycles. The highest BCUT2D eigenvalue weighted by Crippen LogP contribution is 2.35. The Bertz CT molecular complexity index is 353. The quantitative estimate of drug-likeness (QED) is 0.854. The Morgan fingerprint density at radius 3 is 3.07 bits per heavy atom.